The molecule has 20 heavy (non-hydrogen) atoms. The van der Waals surface area contributed by atoms with Gasteiger partial charge in [0.1, 0.15) is 12.4 Å². The van der Waals surface area contributed by atoms with Crippen molar-refractivity contribution in [2.75, 3.05) is 25.6 Å². The molecule has 6 heteroatoms. The lowest BCUT2D eigenvalue weighted by Gasteiger charge is -2.22. The summed E-state index contributed by atoms with van der Waals surface area (Å²) in [4.78, 5) is 0. The van der Waals surface area contributed by atoms with Crippen molar-refractivity contribution in [1.82, 2.24) is 0 Å². The number of sulfone groups is 1. The maximum absolute atomic E-state index is 12.1. The minimum absolute atomic E-state index is 0.0116. The summed E-state index contributed by atoms with van der Waals surface area (Å²) in [6, 6.07) is 8.63. The van der Waals surface area contributed by atoms with Gasteiger partial charge in [-0.1, -0.05) is 0 Å². The van der Waals surface area contributed by atoms with Gasteiger partial charge in [-0.05, 0) is 37.1 Å². The van der Waals surface area contributed by atoms with E-state index in [4.69, 9.17) is 14.7 Å². The first-order valence-corrected chi connectivity index (χ1v) is 8.25. The van der Waals surface area contributed by atoms with E-state index in [9.17, 15) is 8.42 Å². The molecule has 0 radical (unpaired) electrons. The Bertz CT molecular complexity index is 568. The van der Waals surface area contributed by atoms with Gasteiger partial charge in [0.2, 0.25) is 0 Å². The Morgan fingerprint density at radius 2 is 1.90 bits per heavy atom. The number of benzene rings is 1. The highest BCUT2D eigenvalue weighted by Crippen LogP contribution is 2.17. The Labute approximate surface area is 119 Å². The van der Waals surface area contributed by atoms with Crippen LogP contribution in [-0.4, -0.2) is 39.2 Å². The molecule has 0 spiro atoms. The first-order valence-electron chi connectivity index (χ1n) is 6.54. The molecule has 1 aromatic carbocycles. The fourth-order valence-electron chi connectivity index (χ4n) is 2.10. The molecule has 0 N–H and O–H groups in total. The molecule has 108 valence electrons. The van der Waals surface area contributed by atoms with Crippen LogP contribution in [0.1, 0.15) is 18.4 Å². The van der Waals surface area contributed by atoms with Gasteiger partial charge in [0.05, 0.1) is 22.6 Å². The summed E-state index contributed by atoms with van der Waals surface area (Å²) in [6.45, 7) is 1.16. The molecular formula is C14H17NO4S. The molecule has 1 aliphatic rings. The fraction of sp³-hybridized carbons (Fsp3) is 0.500. The van der Waals surface area contributed by atoms with Crippen LogP contribution in [0.15, 0.2) is 24.3 Å². The Balaban J connectivity index is 1.83. The second-order valence-corrected chi connectivity index (χ2v) is 7.06. The molecule has 0 bridgehead atoms. The van der Waals surface area contributed by atoms with E-state index in [1.54, 1.807) is 24.3 Å². The monoisotopic (exact) mass is 295 g/mol. The quantitative estimate of drug-likeness (QED) is 0.823. The zero-order valence-corrected chi connectivity index (χ0v) is 11.9. The molecule has 0 amide bonds. The van der Waals surface area contributed by atoms with Crippen LogP contribution in [0.5, 0.6) is 5.75 Å². The Kier molecular flexibility index (Phi) is 4.99. The van der Waals surface area contributed by atoms with Gasteiger partial charge in [-0.2, -0.15) is 5.26 Å². The van der Waals surface area contributed by atoms with Crippen molar-refractivity contribution in [3.05, 3.63) is 29.8 Å². The van der Waals surface area contributed by atoms with E-state index >= 15 is 0 Å². The van der Waals surface area contributed by atoms with Crippen LogP contribution in [0.4, 0.5) is 0 Å². The van der Waals surface area contributed by atoms with Crippen molar-refractivity contribution in [2.45, 2.75) is 18.1 Å². The molecule has 1 aromatic rings. The molecule has 1 saturated heterocycles. The highest BCUT2D eigenvalue weighted by molar-refractivity contribution is 7.92. The molecule has 0 unspecified atom stereocenters. The zero-order chi connectivity index (χ0) is 14.4. The molecule has 1 aliphatic heterocycles. The van der Waals surface area contributed by atoms with Crippen molar-refractivity contribution in [2.24, 2.45) is 0 Å². The molecule has 0 aliphatic carbocycles. The first kappa shape index (κ1) is 14.8. The Hall–Kier alpha value is -1.58. The van der Waals surface area contributed by atoms with Crippen LogP contribution in [0.3, 0.4) is 0 Å². The average Bonchev–Trinajstić information content (AvgIpc) is 2.49. The van der Waals surface area contributed by atoms with E-state index in [0.29, 0.717) is 37.4 Å². The predicted molar refractivity (Wildman–Crippen MR) is 74.3 cm³/mol. The Morgan fingerprint density at radius 3 is 2.50 bits per heavy atom. The average molecular weight is 295 g/mol. The predicted octanol–water partition coefficient (Wildman–Crippen LogP) is 1.53. The fourth-order valence-corrected chi connectivity index (χ4v) is 3.66. The van der Waals surface area contributed by atoms with E-state index in [1.165, 1.54) is 0 Å². The van der Waals surface area contributed by atoms with Gasteiger partial charge < -0.3 is 9.47 Å². The topological polar surface area (TPSA) is 76.4 Å². The third kappa shape index (κ3) is 3.95. The number of hydrogen-bond acceptors (Lipinski definition) is 5. The number of nitriles is 1. The SMILES string of the molecule is N#Cc1ccc(OCCS(=O)(=O)C2CCOCC2)cc1. The second-order valence-electron chi connectivity index (χ2n) is 4.66. The summed E-state index contributed by atoms with van der Waals surface area (Å²) in [5, 5.41) is 8.37. The molecule has 1 heterocycles. The summed E-state index contributed by atoms with van der Waals surface area (Å²) in [6.07, 6.45) is 1.14. The third-order valence-electron chi connectivity index (χ3n) is 3.30. The van der Waals surface area contributed by atoms with Crippen LogP contribution < -0.4 is 4.74 Å². The maximum atomic E-state index is 12.1. The summed E-state index contributed by atoms with van der Waals surface area (Å²) in [5.74, 6) is 0.587. The largest absolute Gasteiger partial charge is 0.493 e. The summed E-state index contributed by atoms with van der Waals surface area (Å²) >= 11 is 0. The van der Waals surface area contributed by atoms with Gasteiger partial charge in [-0.3, -0.25) is 0 Å². The van der Waals surface area contributed by atoms with E-state index in [2.05, 4.69) is 0 Å². The normalized spacial score (nSPS) is 16.6. The van der Waals surface area contributed by atoms with Crippen molar-refractivity contribution >= 4 is 9.84 Å². The molecular weight excluding hydrogens is 278 g/mol. The smallest absolute Gasteiger partial charge is 0.156 e. The standard InChI is InChI=1S/C14H17NO4S/c15-11-12-1-3-13(4-2-12)19-9-10-20(16,17)14-5-7-18-8-6-14/h1-4,14H,5-10H2. The van der Waals surface area contributed by atoms with Crippen molar-refractivity contribution in [3.63, 3.8) is 0 Å². The lowest BCUT2D eigenvalue weighted by atomic mass is 10.2. The van der Waals surface area contributed by atoms with Crippen LogP contribution >= 0.6 is 0 Å². The van der Waals surface area contributed by atoms with Crippen LogP contribution in [0.25, 0.3) is 0 Å². The summed E-state index contributed by atoms with van der Waals surface area (Å²) in [7, 11) is -3.12. The van der Waals surface area contributed by atoms with Gasteiger partial charge in [-0.15, -0.1) is 0 Å². The molecule has 1 fully saturated rings. The van der Waals surface area contributed by atoms with Gasteiger partial charge in [0, 0.05) is 13.2 Å². The minimum Gasteiger partial charge on any atom is -0.493 e. The first-order chi connectivity index (χ1) is 9.62. The van der Waals surface area contributed by atoms with E-state index in [-0.39, 0.29) is 17.6 Å². The number of ether oxygens (including phenoxy) is 2. The zero-order valence-electron chi connectivity index (χ0n) is 11.1. The van der Waals surface area contributed by atoms with E-state index < -0.39 is 9.84 Å². The molecule has 0 atom stereocenters. The van der Waals surface area contributed by atoms with Crippen molar-refractivity contribution in [3.8, 4) is 11.8 Å². The molecule has 0 saturated carbocycles. The lowest BCUT2D eigenvalue weighted by molar-refractivity contribution is 0.0983. The van der Waals surface area contributed by atoms with Gasteiger partial charge in [0.25, 0.3) is 0 Å². The number of rotatable bonds is 5. The number of hydrogen-bond donors (Lipinski definition) is 0. The summed E-state index contributed by atoms with van der Waals surface area (Å²) < 4.78 is 34.8. The maximum Gasteiger partial charge on any atom is 0.156 e. The Morgan fingerprint density at radius 1 is 1.25 bits per heavy atom. The summed E-state index contributed by atoms with van der Waals surface area (Å²) in [5.41, 5.74) is 0.548. The highest BCUT2D eigenvalue weighted by atomic mass is 32.2. The van der Waals surface area contributed by atoms with Crippen LogP contribution in [0, 0.1) is 11.3 Å². The van der Waals surface area contributed by atoms with Gasteiger partial charge in [-0.25, -0.2) is 8.42 Å². The lowest BCUT2D eigenvalue weighted by Crippen LogP contribution is -2.32. The van der Waals surface area contributed by atoms with Crippen molar-refractivity contribution < 1.29 is 17.9 Å². The molecule has 0 aromatic heterocycles. The highest BCUT2D eigenvalue weighted by Gasteiger charge is 2.27. The van der Waals surface area contributed by atoms with Crippen LogP contribution in [0.2, 0.25) is 0 Å². The third-order valence-corrected chi connectivity index (χ3v) is 5.52. The second kappa shape index (κ2) is 6.73. The van der Waals surface area contributed by atoms with E-state index in [1.807, 2.05) is 6.07 Å². The number of nitrogens with zero attached hydrogens (tertiary/aromatic N) is 1. The minimum atomic E-state index is -3.12. The molecule has 5 nitrogen and oxygen atoms in total. The van der Waals surface area contributed by atoms with Crippen LogP contribution in [-0.2, 0) is 14.6 Å². The van der Waals surface area contributed by atoms with E-state index in [0.717, 1.165) is 0 Å². The van der Waals surface area contributed by atoms with Gasteiger partial charge >= 0.3 is 0 Å². The van der Waals surface area contributed by atoms with Gasteiger partial charge in [0.15, 0.2) is 9.84 Å². The van der Waals surface area contributed by atoms with Crippen molar-refractivity contribution in [1.29, 1.82) is 5.26 Å². The molecule has 2 rings (SSSR count).